The molecule has 0 aliphatic carbocycles. The van der Waals surface area contributed by atoms with Crippen LogP contribution in [0.3, 0.4) is 0 Å². The van der Waals surface area contributed by atoms with Crippen LogP contribution in [0.1, 0.15) is 5.56 Å². The first-order chi connectivity index (χ1) is 21.0. The lowest BCUT2D eigenvalue weighted by atomic mass is 9.99. The van der Waals surface area contributed by atoms with Gasteiger partial charge in [0.05, 0.1) is 7.11 Å². The summed E-state index contributed by atoms with van der Waals surface area (Å²) < 4.78 is 27.6. The number of phenolic OH excluding ortho intramolecular Hbond substituents is 3. The van der Waals surface area contributed by atoms with Crippen LogP contribution in [0.4, 0.5) is 0 Å². The fraction of sp³-hybridized carbons (Fsp3) is 0.226. The Bertz CT molecular complexity index is 1730. The molecule has 230 valence electrons. The monoisotopic (exact) mass is 608 g/mol. The molecule has 1 fully saturated rings. The SMILES string of the molecule is COc1c(O[C@@H]2OC(COC(=O)/C=C/c3ccc(O)cc3)[C@@H](O)[C@H](O)C2O)cc2oc(-c3ccc(O)cc3)cc(=O)c2c1O. The molecular formula is C31H28O13. The van der Waals surface area contributed by atoms with E-state index in [0.29, 0.717) is 11.1 Å². The standard InChI is InChI=1S/C31H28O13/c1-40-30-22(13-21-25(27(30)37)19(34)12-20(42-21)16-5-9-18(33)10-6-16)43-31-29(39)28(38)26(36)23(44-31)14-41-24(35)11-4-15-2-7-17(32)8-3-15/h2-13,23,26,28-29,31-33,36-39H,14H2,1H3/b11-4+/t23?,26-,28+,29?,31-/m1/s1. The Morgan fingerprint density at radius 2 is 1.57 bits per heavy atom. The molecule has 1 aliphatic heterocycles. The molecule has 13 heteroatoms. The fourth-order valence-corrected chi connectivity index (χ4v) is 4.55. The zero-order valence-electron chi connectivity index (χ0n) is 23.1. The maximum absolute atomic E-state index is 12.9. The minimum atomic E-state index is -1.80. The molecule has 5 atom stereocenters. The average molecular weight is 609 g/mol. The lowest BCUT2D eigenvalue weighted by Crippen LogP contribution is -2.60. The highest BCUT2D eigenvalue weighted by Crippen LogP contribution is 2.43. The highest BCUT2D eigenvalue weighted by molar-refractivity contribution is 5.89. The van der Waals surface area contributed by atoms with Gasteiger partial charge in [-0.2, -0.15) is 0 Å². The van der Waals surface area contributed by atoms with Gasteiger partial charge < -0.3 is 54.0 Å². The molecule has 0 spiro atoms. The van der Waals surface area contributed by atoms with Crippen molar-refractivity contribution in [2.45, 2.75) is 30.7 Å². The van der Waals surface area contributed by atoms with E-state index in [-0.39, 0.29) is 39.7 Å². The number of carbonyl (C=O) groups excluding carboxylic acids is 1. The van der Waals surface area contributed by atoms with Gasteiger partial charge in [-0.25, -0.2) is 4.79 Å². The largest absolute Gasteiger partial charge is 0.508 e. The van der Waals surface area contributed by atoms with Crippen molar-refractivity contribution in [2.24, 2.45) is 0 Å². The summed E-state index contributed by atoms with van der Waals surface area (Å²) >= 11 is 0. The van der Waals surface area contributed by atoms with Crippen LogP contribution in [0.25, 0.3) is 28.4 Å². The van der Waals surface area contributed by atoms with Crippen LogP contribution in [0, 0.1) is 0 Å². The van der Waals surface area contributed by atoms with Gasteiger partial charge in [0.2, 0.25) is 12.0 Å². The van der Waals surface area contributed by atoms with Gasteiger partial charge in [-0.3, -0.25) is 4.79 Å². The molecule has 0 bridgehead atoms. The summed E-state index contributed by atoms with van der Waals surface area (Å²) in [6, 6.07) is 14.3. The first-order valence-electron chi connectivity index (χ1n) is 13.2. The summed E-state index contributed by atoms with van der Waals surface area (Å²) in [5, 5.41) is 61.1. The number of fused-ring (bicyclic) bond motifs is 1. The second-order valence-corrected chi connectivity index (χ2v) is 9.84. The topological polar surface area (TPSA) is 206 Å². The van der Waals surface area contributed by atoms with Crippen molar-refractivity contribution in [2.75, 3.05) is 13.7 Å². The summed E-state index contributed by atoms with van der Waals surface area (Å²) in [5.41, 5.74) is 0.341. The van der Waals surface area contributed by atoms with Gasteiger partial charge in [0.1, 0.15) is 59.3 Å². The average Bonchev–Trinajstić information content (AvgIpc) is 3.00. The number of rotatable bonds is 8. The highest BCUT2D eigenvalue weighted by atomic mass is 16.7. The number of carbonyl (C=O) groups is 1. The van der Waals surface area contributed by atoms with E-state index < -0.39 is 54.5 Å². The molecule has 2 heterocycles. The molecule has 6 N–H and O–H groups in total. The van der Waals surface area contributed by atoms with E-state index >= 15 is 0 Å². The summed E-state index contributed by atoms with van der Waals surface area (Å²) in [6.07, 6.45) is -5.71. The van der Waals surface area contributed by atoms with Gasteiger partial charge in [0, 0.05) is 23.8 Å². The molecule has 0 radical (unpaired) electrons. The third-order valence-corrected chi connectivity index (χ3v) is 6.88. The van der Waals surface area contributed by atoms with Crippen LogP contribution < -0.4 is 14.9 Å². The zero-order valence-corrected chi connectivity index (χ0v) is 23.1. The van der Waals surface area contributed by atoms with E-state index in [0.717, 1.165) is 12.1 Å². The van der Waals surface area contributed by atoms with E-state index in [1.54, 1.807) is 12.1 Å². The number of aliphatic hydroxyl groups excluding tert-OH is 3. The third kappa shape index (κ3) is 6.31. The number of phenols is 3. The smallest absolute Gasteiger partial charge is 0.330 e. The molecule has 2 unspecified atom stereocenters. The molecule has 5 rings (SSSR count). The maximum atomic E-state index is 12.9. The van der Waals surface area contributed by atoms with Crippen LogP contribution >= 0.6 is 0 Å². The molecule has 4 aromatic rings. The lowest BCUT2D eigenvalue weighted by Gasteiger charge is -2.40. The Labute approximate surface area is 249 Å². The normalized spacial score (nSPS) is 21.8. The number of hydrogen-bond donors (Lipinski definition) is 6. The predicted octanol–water partition coefficient (Wildman–Crippen LogP) is 2.03. The molecule has 1 aliphatic rings. The van der Waals surface area contributed by atoms with Crippen molar-refractivity contribution in [3.8, 4) is 40.1 Å². The van der Waals surface area contributed by atoms with Crippen molar-refractivity contribution in [3.05, 3.63) is 82.5 Å². The van der Waals surface area contributed by atoms with Crippen molar-refractivity contribution >= 4 is 23.0 Å². The van der Waals surface area contributed by atoms with Gasteiger partial charge in [-0.1, -0.05) is 12.1 Å². The molecule has 3 aromatic carbocycles. The molecule has 1 saturated heterocycles. The van der Waals surface area contributed by atoms with Gasteiger partial charge in [0.25, 0.3) is 0 Å². The van der Waals surface area contributed by atoms with Gasteiger partial charge in [0.15, 0.2) is 16.9 Å². The van der Waals surface area contributed by atoms with Crippen molar-refractivity contribution < 1.29 is 58.8 Å². The first kappa shape index (κ1) is 30.4. The van der Waals surface area contributed by atoms with Crippen molar-refractivity contribution in [3.63, 3.8) is 0 Å². The number of ether oxygens (including phenoxy) is 4. The van der Waals surface area contributed by atoms with Crippen LogP contribution in [-0.2, 0) is 14.3 Å². The van der Waals surface area contributed by atoms with Crippen molar-refractivity contribution in [1.82, 2.24) is 0 Å². The second kappa shape index (κ2) is 12.7. The first-order valence-corrected chi connectivity index (χ1v) is 13.2. The van der Waals surface area contributed by atoms with Gasteiger partial charge >= 0.3 is 5.97 Å². The number of hydrogen-bond acceptors (Lipinski definition) is 13. The van der Waals surface area contributed by atoms with Crippen LogP contribution in [-0.4, -0.2) is 81.0 Å². The lowest BCUT2D eigenvalue weighted by molar-refractivity contribution is -0.278. The summed E-state index contributed by atoms with van der Waals surface area (Å²) in [6.45, 7) is -0.533. The molecule has 0 amide bonds. The second-order valence-electron chi connectivity index (χ2n) is 9.84. The molecule has 1 aromatic heterocycles. The highest BCUT2D eigenvalue weighted by Gasteiger charge is 2.46. The van der Waals surface area contributed by atoms with Crippen LogP contribution in [0.15, 0.2) is 76.0 Å². The van der Waals surface area contributed by atoms with Crippen LogP contribution in [0.2, 0.25) is 0 Å². The third-order valence-electron chi connectivity index (χ3n) is 6.88. The Kier molecular flexibility index (Phi) is 8.73. The van der Waals surface area contributed by atoms with Gasteiger partial charge in [-0.15, -0.1) is 0 Å². The number of benzene rings is 3. The van der Waals surface area contributed by atoms with E-state index in [9.17, 15) is 40.2 Å². The molecular weight excluding hydrogens is 580 g/mol. The minimum Gasteiger partial charge on any atom is -0.508 e. The molecule has 13 nitrogen and oxygen atoms in total. The Balaban J connectivity index is 1.37. The summed E-state index contributed by atoms with van der Waals surface area (Å²) in [4.78, 5) is 25.2. The quantitative estimate of drug-likeness (QED) is 0.125. The Morgan fingerprint density at radius 1 is 0.909 bits per heavy atom. The van der Waals surface area contributed by atoms with Crippen LogP contribution in [0.5, 0.6) is 28.7 Å². The molecule has 44 heavy (non-hydrogen) atoms. The van der Waals surface area contributed by atoms with Gasteiger partial charge in [-0.05, 0) is 48.0 Å². The summed E-state index contributed by atoms with van der Waals surface area (Å²) in [7, 11) is 1.20. The zero-order chi connectivity index (χ0) is 31.5. The summed E-state index contributed by atoms with van der Waals surface area (Å²) in [5.74, 6) is -1.79. The van der Waals surface area contributed by atoms with E-state index in [2.05, 4.69) is 0 Å². The van der Waals surface area contributed by atoms with E-state index in [1.807, 2.05) is 0 Å². The van der Waals surface area contributed by atoms with E-state index in [4.69, 9.17) is 23.4 Å². The number of esters is 1. The molecule has 0 saturated carbocycles. The Hall–Kier alpha value is -5.08. The number of aromatic hydroxyl groups is 3. The predicted molar refractivity (Wildman–Crippen MR) is 153 cm³/mol. The number of aliphatic hydroxyl groups is 3. The maximum Gasteiger partial charge on any atom is 0.330 e. The fourth-order valence-electron chi connectivity index (χ4n) is 4.55. The number of methoxy groups -OCH3 is 1. The Morgan fingerprint density at radius 3 is 2.23 bits per heavy atom. The van der Waals surface area contributed by atoms with Crippen molar-refractivity contribution in [1.29, 1.82) is 0 Å². The minimum absolute atomic E-state index is 0.00640. The van der Waals surface area contributed by atoms with E-state index in [1.165, 1.54) is 55.7 Å².